The summed E-state index contributed by atoms with van der Waals surface area (Å²) in [5.41, 5.74) is 2.65. The third kappa shape index (κ3) is 3.97. The van der Waals surface area contributed by atoms with E-state index in [9.17, 15) is 9.59 Å². The van der Waals surface area contributed by atoms with Crippen LogP contribution in [0.5, 0.6) is 0 Å². The lowest BCUT2D eigenvalue weighted by atomic mass is 10.1. The molecule has 0 fully saturated rings. The van der Waals surface area contributed by atoms with Crippen molar-refractivity contribution in [3.05, 3.63) is 67.3 Å². The van der Waals surface area contributed by atoms with Crippen molar-refractivity contribution >= 4 is 34.4 Å². The van der Waals surface area contributed by atoms with Crippen molar-refractivity contribution in [1.29, 1.82) is 0 Å². The van der Waals surface area contributed by atoms with Crippen LogP contribution in [0.25, 0.3) is 0 Å². The largest absolute Gasteiger partial charge is 0.354 e. The summed E-state index contributed by atoms with van der Waals surface area (Å²) in [6.45, 7) is 6.45. The molecule has 6 heteroatoms. The van der Waals surface area contributed by atoms with Crippen molar-refractivity contribution in [2.45, 2.75) is 33.7 Å². The number of carbonyl (C=O) groups is 2. The number of H-pyrrole nitrogens is 1. The maximum absolute atomic E-state index is 13.2. The quantitative estimate of drug-likeness (QED) is 0.591. The second kappa shape index (κ2) is 8.01. The lowest BCUT2D eigenvalue weighted by Crippen LogP contribution is -2.33. The molecule has 0 spiro atoms. The van der Waals surface area contributed by atoms with E-state index in [1.807, 2.05) is 42.3 Å². The van der Waals surface area contributed by atoms with Crippen molar-refractivity contribution in [2.75, 3.05) is 6.54 Å². The van der Waals surface area contributed by atoms with E-state index < -0.39 is 0 Å². The Labute approximate surface area is 161 Å². The van der Waals surface area contributed by atoms with Crippen molar-refractivity contribution in [2.24, 2.45) is 0 Å². The second-order valence-electron chi connectivity index (χ2n) is 6.32. The van der Waals surface area contributed by atoms with Crippen LogP contribution < -0.4 is 0 Å². The number of nitrogens with one attached hydrogen (secondary N) is 1. The fraction of sp³-hybridized carbons (Fsp3) is 0.300. The molecule has 0 aliphatic carbocycles. The zero-order valence-corrected chi connectivity index (χ0v) is 16.8. The van der Waals surface area contributed by atoms with Gasteiger partial charge in [0.1, 0.15) is 5.69 Å². The highest BCUT2D eigenvalue weighted by molar-refractivity contribution is 7.10. The van der Waals surface area contributed by atoms with Gasteiger partial charge in [-0.3, -0.25) is 9.59 Å². The van der Waals surface area contributed by atoms with Gasteiger partial charge >= 0.3 is 0 Å². The molecule has 0 aliphatic heterocycles. The Morgan fingerprint density at radius 1 is 1.08 bits per heavy atom. The van der Waals surface area contributed by atoms with Crippen LogP contribution in [0.4, 0.5) is 0 Å². The Bertz CT molecular complexity index is 893. The van der Waals surface area contributed by atoms with Crippen LogP contribution in [0.15, 0.2) is 35.0 Å². The summed E-state index contributed by atoms with van der Waals surface area (Å²) < 4.78 is 0. The van der Waals surface area contributed by atoms with E-state index in [0.29, 0.717) is 24.3 Å². The average Bonchev–Trinajstić information content (AvgIpc) is 3.32. The molecule has 0 radical (unpaired) electrons. The minimum atomic E-state index is -0.0527. The number of carbonyl (C=O) groups excluding carboxylic acids is 2. The minimum Gasteiger partial charge on any atom is -0.354 e. The maximum atomic E-state index is 13.2. The van der Waals surface area contributed by atoms with Crippen molar-refractivity contribution in [3.63, 3.8) is 0 Å². The van der Waals surface area contributed by atoms with Crippen LogP contribution in [0.2, 0.25) is 0 Å². The number of aromatic amines is 1. The predicted octanol–water partition coefficient (Wildman–Crippen LogP) is 4.84. The molecule has 1 N–H and O–H groups in total. The highest BCUT2D eigenvalue weighted by Gasteiger charge is 2.24. The van der Waals surface area contributed by atoms with E-state index in [-0.39, 0.29) is 11.7 Å². The zero-order chi connectivity index (χ0) is 18.7. The Hall–Kier alpha value is -2.18. The number of Topliss-reactive ketones (excluding diaryl/α,β-unsaturated/α-hetero) is 1. The monoisotopic (exact) mass is 386 g/mol. The molecule has 0 aliphatic rings. The molecule has 4 nitrogen and oxygen atoms in total. The summed E-state index contributed by atoms with van der Waals surface area (Å²) in [5.74, 6) is -0.0678. The summed E-state index contributed by atoms with van der Waals surface area (Å²) in [6, 6.07) is 8.17. The first kappa shape index (κ1) is 18.6. The van der Waals surface area contributed by atoms with E-state index in [0.717, 1.165) is 22.6 Å². The normalized spacial score (nSPS) is 10.9. The Morgan fingerprint density at radius 2 is 1.73 bits per heavy atom. The molecule has 136 valence electrons. The highest BCUT2D eigenvalue weighted by Crippen LogP contribution is 2.22. The molecule has 0 aromatic carbocycles. The second-order valence-corrected chi connectivity index (χ2v) is 8.38. The Morgan fingerprint density at radius 3 is 2.27 bits per heavy atom. The summed E-state index contributed by atoms with van der Waals surface area (Å²) in [6.07, 6.45) is 0.826. The molecule has 3 aromatic rings. The molecule has 0 unspecified atom stereocenters. The summed E-state index contributed by atoms with van der Waals surface area (Å²) >= 11 is 3.36. The lowest BCUT2D eigenvalue weighted by molar-refractivity contribution is 0.0741. The summed E-state index contributed by atoms with van der Waals surface area (Å²) in [5, 5.41) is 4.08. The average molecular weight is 387 g/mol. The highest BCUT2D eigenvalue weighted by atomic mass is 32.1. The fourth-order valence-corrected chi connectivity index (χ4v) is 4.61. The fourth-order valence-electron chi connectivity index (χ4n) is 3.19. The number of aromatic nitrogens is 1. The van der Waals surface area contributed by atoms with Gasteiger partial charge in [0.15, 0.2) is 5.78 Å². The number of nitrogens with zero attached hydrogens (tertiary/aromatic N) is 1. The van der Waals surface area contributed by atoms with Crippen LogP contribution in [0, 0.1) is 13.8 Å². The molecular weight excluding hydrogens is 364 g/mol. The van der Waals surface area contributed by atoms with E-state index in [2.05, 4.69) is 16.4 Å². The molecule has 26 heavy (non-hydrogen) atoms. The van der Waals surface area contributed by atoms with Gasteiger partial charge in [-0.05, 0) is 55.6 Å². The zero-order valence-electron chi connectivity index (χ0n) is 15.2. The lowest BCUT2D eigenvalue weighted by Gasteiger charge is -2.22. The molecule has 1 amide bonds. The first-order valence-corrected chi connectivity index (χ1v) is 10.3. The van der Waals surface area contributed by atoms with Crippen molar-refractivity contribution in [1.82, 2.24) is 9.88 Å². The molecule has 3 heterocycles. The number of ketones is 1. The van der Waals surface area contributed by atoms with Crippen molar-refractivity contribution < 1.29 is 9.59 Å². The SMILES string of the molecule is CC(=O)c1c(C)[nH]c(C(=O)N(CCc2cccs2)Cc2cccs2)c1C. The van der Waals surface area contributed by atoms with Crippen LogP contribution in [-0.2, 0) is 13.0 Å². The smallest absolute Gasteiger partial charge is 0.270 e. The first-order valence-electron chi connectivity index (χ1n) is 8.51. The van der Waals surface area contributed by atoms with Crippen LogP contribution in [0.3, 0.4) is 0 Å². The van der Waals surface area contributed by atoms with Crippen LogP contribution in [-0.4, -0.2) is 28.1 Å². The number of thiophene rings is 2. The number of aryl methyl sites for hydroxylation is 1. The van der Waals surface area contributed by atoms with Crippen LogP contribution in [0.1, 0.15) is 48.8 Å². The number of hydrogen-bond donors (Lipinski definition) is 1. The van der Waals surface area contributed by atoms with Gasteiger partial charge in [0.2, 0.25) is 0 Å². The van der Waals surface area contributed by atoms with Crippen LogP contribution >= 0.6 is 22.7 Å². The van der Waals surface area contributed by atoms with E-state index in [4.69, 9.17) is 0 Å². The molecule has 0 saturated carbocycles. The number of amides is 1. The summed E-state index contributed by atoms with van der Waals surface area (Å²) in [7, 11) is 0. The van der Waals surface area contributed by atoms with E-state index in [1.54, 1.807) is 22.7 Å². The van der Waals surface area contributed by atoms with Gasteiger partial charge in [0.05, 0.1) is 6.54 Å². The van der Waals surface area contributed by atoms with Gasteiger partial charge in [-0.1, -0.05) is 12.1 Å². The Balaban J connectivity index is 1.86. The van der Waals surface area contributed by atoms with Gasteiger partial charge in [-0.15, -0.1) is 22.7 Å². The summed E-state index contributed by atoms with van der Waals surface area (Å²) in [4.78, 5) is 32.5. The van der Waals surface area contributed by atoms with Gasteiger partial charge in [-0.2, -0.15) is 0 Å². The molecule has 3 aromatic heterocycles. The van der Waals surface area contributed by atoms with Gasteiger partial charge in [0, 0.05) is 27.6 Å². The van der Waals surface area contributed by atoms with Gasteiger partial charge in [0.25, 0.3) is 5.91 Å². The third-order valence-corrected chi connectivity index (χ3v) is 6.22. The van der Waals surface area contributed by atoms with Crippen molar-refractivity contribution in [3.8, 4) is 0 Å². The van der Waals surface area contributed by atoms with E-state index >= 15 is 0 Å². The topological polar surface area (TPSA) is 53.2 Å². The van der Waals surface area contributed by atoms with E-state index in [1.165, 1.54) is 11.8 Å². The molecule has 0 atom stereocenters. The number of hydrogen-bond acceptors (Lipinski definition) is 4. The molecule has 0 bridgehead atoms. The minimum absolute atomic E-state index is 0.0151. The molecular formula is C20H22N2O2S2. The van der Waals surface area contributed by atoms with Gasteiger partial charge < -0.3 is 9.88 Å². The first-order chi connectivity index (χ1) is 12.5. The third-order valence-electron chi connectivity index (χ3n) is 4.43. The Kier molecular flexibility index (Phi) is 5.74. The molecule has 3 rings (SSSR count). The van der Waals surface area contributed by atoms with Gasteiger partial charge in [-0.25, -0.2) is 0 Å². The predicted molar refractivity (Wildman–Crippen MR) is 107 cm³/mol. The standard InChI is InChI=1S/C20H22N2O2S2/c1-13-18(15(3)23)14(2)21-19(13)20(24)22(12-17-7-5-11-26-17)9-8-16-6-4-10-25-16/h4-7,10-11,21H,8-9,12H2,1-3H3. The molecule has 0 saturated heterocycles. The maximum Gasteiger partial charge on any atom is 0.270 e. The number of rotatable bonds is 7.